The first-order valence-corrected chi connectivity index (χ1v) is 5.72. The molecule has 0 aromatic heterocycles. The molecule has 0 radical (unpaired) electrons. The highest BCUT2D eigenvalue weighted by Gasteiger charge is 2.10. The Labute approximate surface area is 106 Å². The molecule has 2 nitrogen and oxygen atoms in total. The minimum atomic E-state index is -0.911. The number of benzene rings is 1. The molecule has 1 aromatic carbocycles. The smallest absolute Gasteiger partial charge is 0.159 e. The van der Waals surface area contributed by atoms with Gasteiger partial charge in [0.05, 0.1) is 0 Å². The summed E-state index contributed by atoms with van der Waals surface area (Å²) in [6, 6.07) is 3.54. The Morgan fingerprint density at radius 3 is 2.56 bits per heavy atom. The number of hydrogen-bond donors (Lipinski definition) is 0. The molecule has 0 saturated carbocycles. The van der Waals surface area contributed by atoms with Crippen molar-refractivity contribution in [3.8, 4) is 0 Å². The third kappa shape index (κ3) is 4.37. The van der Waals surface area contributed by atoms with Crippen molar-refractivity contribution in [3.63, 3.8) is 0 Å². The van der Waals surface area contributed by atoms with Crippen LogP contribution in [-0.2, 0) is 4.79 Å². The molecule has 98 valence electrons. The number of nitrogens with zero attached hydrogens (tertiary/aromatic N) is 1. The fourth-order valence-corrected chi connectivity index (χ4v) is 1.60. The molecule has 0 bridgehead atoms. The normalized spacial score (nSPS) is 13.2. The molecule has 1 aromatic rings. The Kier molecular flexibility index (Phi) is 5.16. The van der Waals surface area contributed by atoms with Crippen molar-refractivity contribution >= 4 is 11.9 Å². The van der Waals surface area contributed by atoms with Crippen LogP contribution in [0.5, 0.6) is 0 Å². The number of rotatable bonds is 5. The summed E-state index contributed by atoms with van der Waals surface area (Å²) in [5.74, 6) is -1.96. The lowest BCUT2D eigenvalue weighted by Gasteiger charge is -2.13. The zero-order chi connectivity index (χ0) is 13.7. The van der Waals surface area contributed by atoms with Crippen molar-refractivity contribution in [2.45, 2.75) is 6.92 Å². The predicted molar refractivity (Wildman–Crippen MR) is 68.1 cm³/mol. The van der Waals surface area contributed by atoms with Gasteiger partial charge in [-0.2, -0.15) is 0 Å². The molecule has 0 saturated heterocycles. The minimum absolute atomic E-state index is 0.0339. The van der Waals surface area contributed by atoms with E-state index in [9.17, 15) is 13.6 Å². The third-order valence-corrected chi connectivity index (χ3v) is 2.51. The number of hydrogen-bond acceptors (Lipinski definition) is 2. The van der Waals surface area contributed by atoms with Gasteiger partial charge in [0, 0.05) is 12.5 Å². The molecule has 0 spiro atoms. The van der Waals surface area contributed by atoms with Gasteiger partial charge in [0.15, 0.2) is 17.4 Å². The molecular weight excluding hydrogens is 236 g/mol. The first kappa shape index (κ1) is 14.5. The summed E-state index contributed by atoms with van der Waals surface area (Å²) in [7, 11) is 3.78. The van der Waals surface area contributed by atoms with Gasteiger partial charge in [0.2, 0.25) is 0 Å². The van der Waals surface area contributed by atoms with Crippen LogP contribution in [-0.4, -0.2) is 31.3 Å². The van der Waals surface area contributed by atoms with Gasteiger partial charge in [-0.25, -0.2) is 8.78 Å². The highest BCUT2D eigenvalue weighted by Crippen LogP contribution is 2.10. The van der Waals surface area contributed by atoms with Gasteiger partial charge in [-0.15, -0.1) is 0 Å². The second-order valence-electron chi connectivity index (χ2n) is 4.57. The lowest BCUT2D eigenvalue weighted by atomic mass is 10.0. The van der Waals surface area contributed by atoms with Gasteiger partial charge in [0.25, 0.3) is 0 Å². The van der Waals surface area contributed by atoms with E-state index < -0.39 is 11.6 Å². The first-order valence-electron chi connectivity index (χ1n) is 5.72. The summed E-state index contributed by atoms with van der Waals surface area (Å²) in [6.45, 7) is 2.48. The topological polar surface area (TPSA) is 20.3 Å². The fraction of sp³-hybridized carbons (Fsp3) is 0.357. The van der Waals surface area contributed by atoms with Crippen LogP contribution in [0.2, 0.25) is 0 Å². The van der Waals surface area contributed by atoms with E-state index >= 15 is 0 Å². The summed E-state index contributed by atoms with van der Waals surface area (Å²) < 4.78 is 25.6. The SMILES string of the molecule is C[C@H](CN(C)C)C(=O)/C=C\c1ccc(F)c(F)c1. The van der Waals surface area contributed by atoms with Crippen molar-refractivity contribution < 1.29 is 13.6 Å². The van der Waals surface area contributed by atoms with Crippen molar-refractivity contribution in [1.29, 1.82) is 0 Å². The second kappa shape index (κ2) is 6.40. The number of halogens is 2. The largest absolute Gasteiger partial charge is 0.309 e. The van der Waals surface area contributed by atoms with Crippen LogP contribution in [0.4, 0.5) is 8.78 Å². The van der Waals surface area contributed by atoms with E-state index in [1.807, 2.05) is 25.9 Å². The Balaban J connectivity index is 2.68. The highest BCUT2D eigenvalue weighted by molar-refractivity contribution is 5.95. The van der Waals surface area contributed by atoms with Gasteiger partial charge < -0.3 is 4.90 Å². The van der Waals surface area contributed by atoms with Crippen molar-refractivity contribution in [1.82, 2.24) is 4.90 Å². The highest BCUT2D eigenvalue weighted by atomic mass is 19.2. The third-order valence-electron chi connectivity index (χ3n) is 2.51. The van der Waals surface area contributed by atoms with Crippen LogP contribution < -0.4 is 0 Å². The maximum absolute atomic E-state index is 12.9. The molecule has 1 rings (SSSR count). The molecule has 0 aliphatic carbocycles. The van der Waals surface area contributed by atoms with Gasteiger partial charge in [-0.05, 0) is 37.9 Å². The average Bonchev–Trinajstić information content (AvgIpc) is 2.29. The zero-order valence-corrected chi connectivity index (χ0v) is 10.8. The summed E-state index contributed by atoms with van der Waals surface area (Å²) >= 11 is 0. The average molecular weight is 253 g/mol. The Morgan fingerprint density at radius 1 is 1.33 bits per heavy atom. The Hall–Kier alpha value is -1.55. The van der Waals surface area contributed by atoms with Gasteiger partial charge >= 0.3 is 0 Å². The molecular formula is C14H17F2NO. The number of allylic oxidation sites excluding steroid dienone is 1. The molecule has 4 heteroatoms. The number of carbonyl (C=O) groups excluding carboxylic acids is 1. The summed E-state index contributed by atoms with van der Waals surface area (Å²) in [4.78, 5) is 13.6. The van der Waals surface area contributed by atoms with E-state index in [-0.39, 0.29) is 11.7 Å². The van der Waals surface area contributed by atoms with Gasteiger partial charge in [-0.1, -0.05) is 19.1 Å². The monoisotopic (exact) mass is 253 g/mol. The molecule has 18 heavy (non-hydrogen) atoms. The fourth-order valence-electron chi connectivity index (χ4n) is 1.60. The Morgan fingerprint density at radius 2 is 2.00 bits per heavy atom. The summed E-state index contributed by atoms with van der Waals surface area (Å²) in [6.07, 6.45) is 2.90. The van der Waals surface area contributed by atoms with Crippen molar-refractivity contribution in [3.05, 3.63) is 41.5 Å². The molecule has 0 N–H and O–H groups in total. The van der Waals surface area contributed by atoms with E-state index in [0.717, 1.165) is 12.1 Å². The van der Waals surface area contributed by atoms with E-state index in [4.69, 9.17) is 0 Å². The standard InChI is InChI=1S/C14H17F2NO/c1-10(9-17(2)3)14(18)7-5-11-4-6-12(15)13(16)8-11/h4-8,10H,9H2,1-3H3/b7-5-/t10-/m1/s1. The maximum Gasteiger partial charge on any atom is 0.159 e. The molecule has 0 unspecified atom stereocenters. The van der Waals surface area contributed by atoms with E-state index in [1.165, 1.54) is 18.2 Å². The maximum atomic E-state index is 12.9. The second-order valence-corrected chi connectivity index (χ2v) is 4.57. The molecule has 0 fully saturated rings. The quantitative estimate of drug-likeness (QED) is 0.752. The molecule has 0 heterocycles. The lowest BCUT2D eigenvalue weighted by Crippen LogP contribution is -2.24. The van der Waals surface area contributed by atoms with Crippen LogP contribution in [0.15, 0.2) is 24.3 Å². The zero-order valence-electron chi connectivity index (χ0n) is 10.8. The summed E-state index contributed by atoms with van der Waals surface area (Å²) in [5.41, 5.74) is 0.472. The molecule has 1 atom stereocenters. The lowest BCUT2D eigenvalue weighted by molar-refractivity contribution is -0.118. The van der Waals surface area contributed by atoms with Crippen LogP contribution in [0.25, 0.3) is 6.08 Å². The molecule has 0 amide bonds. The first-order chi connectivity index (χ1) is 8.40. The van der Waals surface area contributed by atoms with Crippen LogP contribution >= 0.6 is 0 Å². The minimum Gasteiger partial charge on any atom is -0.309 e. The van der Waals surface area contributed by atoms with Crippen LogP contribution in [0.1, 0.15) is 12.5 Å². The molecule has 0 aliphatic rings. The van der Waals surface area contributed by atoms with Crippen LogP contribution in [0, 0.1) is 17.6 Å². The number of carbonyl (C=O) groups is 1. The summed E-state index contributed by atoms with van der Waals surface area (Å²) in [5, 5.41) is 0. The Bertz CT molecular complexity index is 455. The van der Waals surface area contributed by atoms with Gasteiger partial charge in [0.1, 0.15) is 0 Å². The van der Waals surface area contributed by atoms with Gasteiger partial charge in [-0.3, -0.25) is 4.79 Å². The van der Waals surface area contributed by atoms with E-state index in [0.29, 0.717) is 12.1 Å². The van der Waals surface area contributed by atoms with Crippen molar-refractivity contribution in [2.75, 3.05) is 20.6 Å². The van der Waals surface area contributed by atoms with E-state index in [1.54, 1.807) is 0 Å². The van der Waals surface area contributed by atoms with Crippen molar-refractivity contribution in [2.24, 2.45) is 5.92 Å². The predicted octanol–water partition coefficient (Wildman–Crippen LogP) is 2.74. The molecule has 0 aliphatic heterocycles. The van der Waals surface area contributed by atoms with Crippen LogP contribution in [0.3, 0.4) is 0 Å². The van der Waals surface area contributed by atoms with E-state index in [2.05, 4.69) is 0 Å². The number of ketones is 1.